The second kappa shape index (κ2) is 11.4. The van der Waals surface area contributed by atoms with Crippen molar-refractivity contribution in [2.75, 3.05) is 19.6 Å². The van der Waals surface area contributed by atoms with Gasteiger partial charge < -0.3 is 9.16 Å². The van der Waals surface area contributed by atoms with E-state index in [9.17, 15) is 4.79 Å². The summed E-state index contributed by atoms with van der Waals surface area (Å²) in [5.74, 6) is 1.34. The lowest BCUT2D eigenvalue weighted by Gasteiger charge is -2.45. The van der Waals surface area contributed by atoms with E-state index < -0.39 is 13.7 Å². The molecule has 0 amide bonds. The van der Waals surface area contributed by atoms with Crippen molar-refractivity contribution in [3.63, 3.8) is 0 Å². The van der Waals surface area contributed by atoms with Crippen molar-refractivity contribution in [3.05, 3.63) is 35.4 Å². The van der Waals surface area contributed by atoms with Gasteiger partial charge in [-0.3, -0.25) is 9.69 Å². The summed E-state index contributed by atoms with van der Waals surface area (Å²) in [6.45, 7) is 15.1. The number of ether oxygens (including phenoxy) is 1. The van der Waals surface area contributed by atoms with Crippen molar-refractivity contribution in [2.24, 2.45) is 11.8 Å². The molecule has 212 valence electrons. The van der Waals surface area contributed by atoms with Crippen LogP contribution in [0.25, 0.3) is 0 Å². The van der Waals surface area contributed by atoms with Crippen LogP contribution in [-0.4, -0.2) is 51.0 Å². The standard InChI is InChI=1S/C33H53NO3Si/c1-32(2,3)38(4,5)37-29-14-12-25(13-15-29)22-26-10-9-11-28(23-26)33(18-7-6-8-19-33)31(35)36-30-24-34-20-16-27(30)17-21-34/h9-11,23,25,27,29-30H,6-8,12-22,24H2,1-5H3/t25-,29-,30-/m0/s1. The number of benzene rings is 1. The van der Waals surface area contributed by atoms with Gasteiger partial charge in [0.2, 0.25) is 0 Å². The topological polar surface area (TPSA) is 38.8 Å². The molecule has 0 N–H and O–H groups in total. The summed E-state index contributed by atoms with van der Waals surface area (Å²) in [5.41, 5.74) is 2.17. The van der Waals surface area contributed by atoms with Gasteiger partial charge >= 0.3 is 5.97 Å². The Labute approximate surface area is 233 Å². The highest BCUT2D eigenvalue weighted by Crippen LogP contribution is 2.43. The minimum atomic E-state index is -1.70. The number of fused-ring (bicyclic) bond motifs is 3. The van der Waals surface area contributed by atoms with E-state index in [-0.39, 0.29) is 17.1 Å². The van der Waals surface area contributed by atoms with E-state index in [0.29, 0.717) is 17.9 Å². The largest absolute Gasteiger partial charge is 0.460 e. The Morgan fingerprint density at radius 3 is 2.29 bits per heavy atom. The Kier molecular flexibility index (Phi) is 8.48. The van der Waals surface area contributed by atoms with Crippen LogP contribution in [0.15, 0.2) is 24.3 Å². The fourth-order valence-corrected chi connectivity index (χ4v) is 8.86. The van der Waals surface area contributed by atoms with E-state index in [4.69, 9.17) is 9.16 Å². The third kappa shape index (κ3) is 6.10. The average Bonchev–Trinajstić information content (AvgIpc) is 2.90. The zero-order valence-electron chi connectivity index (χ0n) is 24.9. The number of carbonyl (C=O) groups excluding carboxylic acids is 1. The van der Waals surface area contributed by atoms with E-state index in [1.165, 1.54) is 69.2 Å². The van der Waals surface area contributed by atoms with Crippen LogP contribution >= 0.6 is 0 Å². The molecule has 4 nitrogen and oxygen atoms in total. The van der Waals surface area contributed by atoms with E-state index >= 15 is 0 Å². The second-order valence-electron chi connectivity index (χ2n) is 14.6. The third-order valence-electron chi connectivity index (χ3n) is 11.0. The number of hydrogen-bond donors (Lipinski definition) is 0. The van der Waals surface area contributed by atoms with Crippen molar-refractivity contribution < 1.29 is 14.0 Å². The lowest BCUT2D eigenvalue weighted by Crippen LogP contribution is -2.53. The first-order chi connectivity index (χ1) is 18.1. The molecule has 2 bridgehead atoms. The quantitative estimate of drug-likeness (QED) is 0.263. The highest BCUT2D eigenvalue weighted by molar-refractivity contribution is 6.74. The fourth-order valence-electron chi connectivity index (χ4n) is 7.44. The maximum Gasteiger partial charge on any atom is 0.316 e. The number of hydrogen-bond acceptors (Lipinski definition) is 4. The zero-order chi connectivity index (χ0) is 27.0. The fraction of sp³-hybridized carbons (Fsp3) is 0.788. The number of carbonyl (C=O) groups is 1. The molecule has 0 spiro atoms. The van der Waals surface area contributed by atoms with Crippen LogP contribution < -0.4 is 0 Å². The van der Waals surface area contributed by atoms with Crippen LogP contribution in [0.4, 0.5) is 0 Å². The average molecular weight is 540 g/mol. The minimum Gasteiger partial charge on any atom is -0.460 e. The molecule has 5 fully saturated rings. The molecular weight excluding hydrogens is 486 g/mol. The Balaban J connectivity index is 1.23. The van der Waals surface area contributed by atoms with E-state index in [1.807, 2.05) is 0 Å². The second-order valence-corrected chi connectivity index (χ2v) is 19.4. The summed E-state index contributed by atoms with van der Waals surface area (Å²) < 4.78 is 13.1. The molecule has 0 unspecified atom stereocenters. The molecule has 0 aromatic heterocycles. The van der Waals surface area contributed by atoms with Gasteiger partial charge in [0.15, 0.2) is 8.32 Å². The lowest BCUT2D eigenvalue weighted by atomic mass is 9.68. The van der Waals surface area contributed by atoms with Crippen LogP contribution in [0.1, 0.15) is 103 Å². The van der Waals surface area contributed by atoms with Crippen molar-refractivity contribution in [1.82, 2.24) is 4.90 Å². The maximum atomic E-state index is 13.9. The van der Waals surface area contributed by atoms with Crippen molar-refractivity contribution in [3.8, 4) is 0 Å². The molecule has 1 atom stereocenters. The molecule has 2 saturated carbocycles. The van der Waals surface area contributed by atoms with Gasteiger partial charge in [-0.15, -0.1) is 0 Å². The molecule has 1 aromatic rings. The Morgan fingerprint density at radius 2 is 1.68 bits per heavy atom. The Bertz CT molecular complexity index is 947. The maximum absolute atomic E-state index is 13.9. The summed E-state index contributed by atoms with van der Waals surface area (Å²) in [6.07, 6.45) is 14.2. The zero-order valence-corrected chi connectivity index (χ0v) is 25.9. The number of piperidine rings is 3. The van der Waals surface area contributed by atoms with Crippen LogP contribution in [0.3, 0.4) is 0 Å². The van der Waals surface area contributed by atoms with Crippen molar-refractivity contribution in [1.29, 1.82) is 0 Å². The van der Waals surface area contributed by atoms with Gasteiger partial charge in [-0.25, -0.2) is 0 Å². The molecule has 6 rings (SSSR count). The molecule has 2 aliphatic carbocycles. The smallest absolute Gasteiger partial charge is 0.316 e. The molecular formula is C33H53NO3Si. The molecule has 3 aliphatic heterocycles. The van der Waals surface area contributed by atoms with Crippen molar-refractivity contribution >= 4 is 14.3 Å². The van der Waals surface area contributed by atoms with E-state index in [2.05, 4.69) is 63.0 Å². The van der Waals surface area contributed by atoms with Gasteiger partial charge in [-0.2, -0.15) is 0 Å². The summed E-state index contributed by atoms with van der Waals surface area (Å²) in [5, 5.41) is 0.273. The highest BCUT2D eigenvalue weighted by atomic mass is 28.4. The van der Waals surface area contributed by atoms with Crippen LogP contribution in [0.2, 0.25) is 18.1 Å². The summed E-state index contributed by atoms with van der Waals surface area (Å²) in [7, 11) is -1.70. The SMILES string of the molecule is CC(C)(C)[Si](C)(C)O[C@H]1CC[C@H](Cc2cccc(C3(C(=O)O[C@H]4CN5CCC4CC5)CCCCC3)c2)CC1. The molecule has 1 aromatic carbocycles. The van der Waals surface area contributed by atoms with Gasteiger partial charge in [-0.1, -0.05) is 64.3 Å². The Hall–Kier alpha value is -1.17. The van der Waals surface area contributed by atoms with Gasteiger partial charge in [0.05, 0.1) is 5.41 Å². The van der Waals surface area contributed by atoms with E-state index in [0.717, 1.165) is 38.6 Å². The Morgan fingerprint density at radius 1 is 1.00 bits per heavy atom. The van der Waals surface area contributed by atoms with Crippen molar-refractivity contribution in [2.45, 2.75) is 134 Å². The van der Waals surface area contributed by atoms with Gasteiger partial charge in [0.1, 0.15) is 6.10 Å². The molecule has 3 saturated heterocycles. The molecule has 3 heterocycles. The molecule has 0 radical (unpaired) electrons. The van der Waals surface area contributed by atoms with Crippen LogP contribution in [-0.2, 0) is 25.8 Å². The first kappa shape index (κ1) is 28.4. The van der Waals surface area contributed by atoms with Gasteiger partial charge in [0.25, 0.3) is 0 Å². The predicted octanol–water partition coefficient (Wildman–Crippen LogP) is 7.65. The van der Waals surface area contributed by atoms with Gasteiger partial charge in [0, 0.05) is 12.6 Å². The third-order valence-corrected chi connectivity index (χ3v) is 15.6. The first-order valence-corrected chi connectivity index (χ1v) is 18.7. The molecule has 5 heteroatoms. The monoisotopic (exact) mass is 539 g/mol. The lowest BCUT2D eigenvalue weighted by molar-refractivity contribution is -0.167. The first-order valence-electron chi connectivity index (χ1n) is 15.8. The van der Waals surface area contributed by atoms with Gasteiger partial charge in [-0.05, 0) is 112 Å². The predicted molar refractivity (Wildman–Crippen MR) is 158 cm³/mol. The van der Waals surface area contributed by atoms with Crippen LogP contribution in [0.5, 0.6) is 0 Å². The number of nitrogens with zero attached hydrogens (tertiary/aromatic N) is 1. The highest BCUT2D eigenvalue weighted by Gasteiger charge is 2.46. The summed E-state index contributed by atoms with van der Waals surface area (Å²) in [4.78, 5) is 16.4. The van der Waals surface area contributed by atoms with E-state index in [1.54, 1.807) is 0 Å². The minimum absolute atomic E-state index is 0.0661. The molecule has 38 heavy (non-hydrogen) atoms. The van der Waals surface area contributed by atoms with Crippen LogP contribution in [0, 0.1) is 11.8 Å². The molecule has 5 aliphatic rings. The normalized spacial score (nSPS) is 31.7. The summed E-state index contributed by atoms with van der Waals surface area (Å²) in [6, 6.07) is 9.09. The number of rotatable bonds is 7. The number of esters is 1. The summed E-state index contributed by atoms with van der Waals surface area (Å²) >= 11 is 0.